The number of nitrogen functional groups attached to an aromatic ring is 1. The Labute approximate surface area is 134 Å². The number of nitrogens with two attached hydrogens (primary N) is 1. The summed E-state index contributed by atoms with van der Waals surface area (Å²) in [6.07, 6.45) is 0. The smallest absolute Gasteiger partial charge is 0.317 e. The number of carboxylic acids is 1. The van der Waals surface area contributed by atoms with E-state index in [4.69, 9.17) is 38.8 Å². The van der Waals surface area contributed by atoms with Crippen LogP contribution in [0.1, 0.15) is 13.8 Å². The zero-order valence-corrected chi connectivity index (χ0v) is 13.6. The van der Waals surface area contributed by atoms with Gasteiger partial charge < -0.3 is 15.6 Å². The summed E-state index contributed by atoms with van der Waals surface area (Å²) in [5.74, 6) is -0.771. The van der Waals surface area contributed by atoms with Crippen molar-refractivity contribution >= 4 is 34.9 Å². The lowest BCUT2D eigenvalue weighted by Crippen LogP contribution is -2.49. The van der Waals surface area contributed by atoms with Gasteiger partial charge in [0.25, 0.3) is 0 Å². The summed E-state index contributed by atoms with van der Waals surface area (Å²) in [6, 6.07) is 4.98. The largest absolute Gasteiger partial charge is 0.480 e. The highest BCUT2D eigenvalue weighted by Gasteiger charge is 2.27. The van der Waals surface area contributed by atoms with E-state index >= 15 is 0 Å². The highest BCUT2D eigenvalue weighted by atomic mass is 35.5. The van der Waals surface area contributed by atoms with Crippen LogP contribution in [0, 0.1) is 0 Å². The highest BCUT2D eigenvalue weighted by molar-refractivity contribution is 6.42. The molecule has 1 saturated heterocycles. The van der Waals surface area contributed by atoms with Crippen LogP contribution in [0.15, 0.2) is 18.2 Å². The van der Waals surface area contributed by atoms with Crippen molar-refractivity contribution in [1.82, 2.24) is 4.90 Å². The van der Waals surface area contributed by atoms with Crippen molar-refractivity contribution in [3.05, 3.63) is 28.2 Å². The Hall–Kier alpha value is -1.01. The zero-order chi connectivity index (χ0) is 16.0. The Kier molecular flexibility index (Phi) is 6.74. The average molecular weight is 335 g/mol. The number of rotatable bonds is 2. The molecule has 1 heterocycles. The van der Waals surface area contributed by atoms with Gasteiger partial charge in [0.15, 0.2) is 0 Å². The molecule has 2 rings (SSSR count). The maximum absolute atomic E-state index is 10.4. The standard InChI is InChI=1S/C8H15NO3.C6H5Cl2N/c1-8(2)6-9(3-4-12-8)5-7(10)11;7-5-2-1-4(9)3-6(5)8/h3-6H2,1-2H3,(H,10,11);1-3H,9H2. The fourth-order valence-corrected chi connectivity index (χ4v) is 2.26. The van der Waals surface area contributed by atoms with Gasteiger partial charge in [-0.2, -0.15) is 0 Å². The molecule has 21 heavy (non-hydrogen) atoms. The second kappa shape index (κ2) is 7.84. The van der Waals surface area contributed by atoms with Crippen LogP contribution < -0.4 is 5.73 Å². The van der Waals surface area contributed by atoms with Crippen molar-refractivity contribution in [3.8, 4) is 0 Å². The number of halogens is 2. The van der Waals surface area contributed by atoms with Crippen molar-refractivity contribution in [3.63, 3.8) is 0 Å². The van der Waals surface area contributed by atoms with Gasteiger partial charge in [-0.15, -0.1) is 0 Å². The molecule has 0 saturated carbocycles. The zero-order valence-electron chi connectivity index (χ0n) is 12.1. The third kappa shape index (κ3) is 7.00. The summed E-state index contributed by atoms with van der Waals surface area (Å²) in [5, 5.41) is 9.58. The molecule has 1 fully saturated rings. The third-order valence-electron chi connectivity index (χ3n) is 2.81. The van der Waals surface area contributed by atoms with Gasteiger partial charge in [0, 0.05) is 18.8 Å². The molecule has 3 N–H and O–H groups in total. The maximum Gasteiger partial charge on any atom is 0.317 e. The molecule has 1 aromatic rings. The van der Waals surface area contributed by atoms with Crippen molar-refractivity contribution in [1.29, 1.82) is 0 Å². The fourth-order valence-electron chi connectivity index (χ4n) is 1.95. The number of hydrogen-bond acceptors (Lipinski definition) is 4. The number of carbonyl (C=O) groups is 1. The van der Waals surface area contributed by atoms with Crippen LogP contribution in [0.3, 0.4) is 0 Å². The molecule has 0 radical (unpaired) electrons. The summed E-state index contributed by atoms with van der Waals surface area (Å²) in [4.78, 5) is 12.3. The summed E-state index contributed by atoms with van der Waals surface area (Å²) in [6.45, 7) is 6.10. The number of nitrogens with zero attached hydrogens (tertiary/aromatic N) is 1. The highest BCUT2D eigenvalue weighted by Crippen LogP contribution is 2.23. The van der Waals surface area contributed by atoms with E-state index < -0.39 is 5.97 Å². The van der Waals surface area contributed by atoms with Gasteiger partial charge in [0.2, 0.25) is 0 Å². The number of benzene rings is 1. The molecule has 1 aromatic carbocycles. The first kappa shape index (κ1) is 18.0. The van der Waals surface area contributed by atoms with E-state index in [2.05, 4.69) is 0 Å². The van der Waals surface area contributed by atoms with Gasteiger partial charge >= 0.3 is 5.97 Å². The van der Waals surface area contributed by atoms with E-state index in [1.807, 2.05) is 18.7 Å². The Morgan fingerprint density at radius 2 is 2.10 bits per heavy atom. The van der Waals surface area contributed by atoms with Gasteiger partial charge in [0.05, 0.1) is 28.8 Å². The number of carboxylic acid groups (broad SMARTS) is 1. The molecule has 118 valence electrons. The molecule has 1 aliphatic rings. The molecule has 0 spiro atoms. The van der Waals surface area contributed by atoms with Crippen LogP contribution in [-0.4, -0.2) is 47.8 Å². The second-order valence-corrected chi connectivity index (χ2v) is 6.20. The molecule has 0 atom stereocenters. The van der Waals surface area contributed by atoms with Crippen LogP contribution in [0.4, 0.5) is 5.69 Å². The van der Waals surface area contributed by atoms with Crippen molar-refractivity contribution in [2.24, 2.45) is 0 Å². The van der Waals surface area contributed by atoms with Gasteiger partial charge in [0.1, 0.15) is 0 Å². The Morgan fingerprint density at radius 3 is 2.57 bits per heavy atom. The number of morpholine rings is 1. The molecule has 1 aliphatic heterocycles. The first-order valence-electron chi connectivity index (χ1n) is 6.48. The topological polar surface area (TPSA) is 75.8 Å². The van der Waals surface area contributed by atoms with Gasteiger partial charge in [-0.3, -0.25) is 9.69 Å². The summed E-state index contributed by atoms with van der Waals surface area (Å²) < 4.78 is 5.44. The first-order valence-corrected chi connectivity index (χ1v) is 7.24. The predicted molar refractivity (Wildman–Crippen MR) is 85.0 cm³/mol. The van der Waals surface area contributed by atoms with E-state index in [0.29, 0.717) is 28.9 Å². The first-order chi connectivity index (χ1) is 9.69. The van der Waals surface area contributed by atoms with Crippen LogP contribution >= 0.6 is 23.2 Å². The molecule has 0 amide bonds. The fraction of sp³-hybridized carbons (Fsp3) is 0.500. The Bertz CT molecular complexity index is 495. The van der Waals surface area contributed by atoms with Crippen molar-refractivity contribution in [2.45, 2.75) is 19.4 Å². The minimum atomic E-state index is -0.771. The molecule has 7 heteroatoms. The summed E-state index contributed by atoms with van der Waals surface area (Å²) in [5.41, 5.74) is 5.81. The number of aliphatic carboxylic acids is 1. The molecule has 0 unspecified atom stereocenters. The summed E-state index contributed by atoms with van der Waals surface area (Å²) >= 11 is 11.2. The van der Waals surface area contributed by atoms with Gasteiger partial charge in [-0.05, 0) is 32.0 Å². The van der Waals surface area contributed by atoms with Crippen molar-refractivity contribution in [2.75, 3.05) is 32.0 Å². The van der Waals surface area contributed by atoms with Gasteiger partial charge in [-0.1, -0.05) is 23.2 Å². The third-order valence-corrected chi connectivity index (χ3v) is 3.55. The van der Waals surface area contributed by atoms with Gasteiger partial charge in [-0.25, -0.2) is 0 Å². The minimum absolute atomic E-state index is 0.118. The quantitative estimate of drug-likeness (QED) is 0.813. The monoisotopic (exact) mass is 334 g/mol. The molecular formula is C14H20Cl2N2O3. The molecular weight excluding hydrogens is 315 g/mol. The van der Waals surface area contributed by atoms with E-state index in [-0.39, 0.29) is 12.1 Å². The SMILES string of the molecule is CC1(C)CN(CC(=O)O)CCO1.Nc1ccc(Cl)c(Cl)c1. The van der Waals surface area contributed by atoms with Crippen molar-refractivity contribution < 1.29 is 14.6 Å². The number of anilines is 1. The molecule has 5 nitrogen and oxygen atoms in total. The van der Waals surface area contributed by atoms with Crippen LogP contribution in [0.2, 0.25) is 10.0 Å². The number of hydrogen-bond donors (Lipinski definition) is 2. The van der Waals surface area contributed by atoms with Crippen LogP contribution in [0.25, 0.3) is 0 Å². The molecule has 0 aromatic heterocycles. The van der Waals surface area contributed by atoms with E-state index in [9.17, 15) is 4.79 Å². The summed E-state index contributed by atoms with van der Waals surface area (Å²) in [7, 11) is 0. The second-order valence-electron chi connectivity index (χ2n) is 5.39. The Balaban J connectivity index is 0.000000219. The lowest BCUT2D eigenvalue weighted by atomic mass is 10.1. The lowest BCUT2D eigenvalue weighted by molar-refractivity contribution is -0.142. The van der Waals surface area contributed by atoms with E-state index in [1.165, 1.54) is 0 Å². The van der Waals surface area contributed by atoms with E-state index in [1.54, 1.807) is 18.2 Å². The lowest BCUT2D eigenvalue weighted by Gasteiger charge is -2.37. The maximum atomic E-state index is 10.4. The Morgan fingerprint density at radius 1 is 1.43 bits per heavy atom. The average Bonchev–Trinajstić information content (AvgIpc) is 2.33. The molecule has 0 bridgehead atoms. The van der Waals surface area contributed by atoms with Crippen LogP contribution in [-0.2, 0) is 9.53 Å². The number of ether oxygens (including phenoxy) is 1. The minimum Gasteiger partial charge on any atom is -0.480 e. The molecule has 0 aliphatic carbocycles. The normalized spacial score (nSPS) is 17.7. The van der Waals surface area contributed by atoms with E-state index in [0.717, 1.165) is 6.54 Å². The van der Waals surface area contributed by atoms with Crippen LogP contribution in [0.5, 0.6) is 0 Å². The predicted octanol–water partition coefficient (Wildman–Crippen LogP) is 2.76.